The molecule has 1 aliphatic rings. The van der Waals surface area contributed by atoms with Gasteiger partial charge in [0.05, 0.1) is 5.41 Å². The molecule has 1 aromatic carbocycles. The van der Waals surface area contributed by atoms with Gasteiger partial charge in [-0.1, -0.05) is 43.2 Å². The molecular weight excluding hydrogens is 246 g/mol. The standard InChI is InChI=1S/C18H19NO/c20-17(14-15-8-12-19-13-9-15)18(10-4-5-11-18)16-6-2-1-3-7-16/h1-3,6-9,12-13H,4-5,10-11,14H2. The second kappa shape index (κ2) is 5.58. The number of hydrogen-bond donors (Lipinski definition) is 0. The van der Waals surface area contributed by atoms with E-state index in [0.29, 0.717) is 12.2 Å². The minimum absolute atomic E-state index is 0.259. The van der Waals surface area contributed by atoms with Crippen LogP contribution in [0, 0.1) is 0 Å². The highest BCUT2D eigenvalue weighted by molar-refractivity contribution is 5.92. The van der Waals surface area contributed by atoms with Crippen molar-refractivity contribution in [3.05, 3.63) is 66.0 Å². The van der Waals surface area contributed by atoms with Gasteiger partial charge in [-0.3, -0.25) is 9.78 Å². The Morgan fingerprint density at radius 3 is 2.30 bits per heavy atom. The fraction of sp³-hybridized carbons (Fsp3) is 0.333. The largest absolute Gasteiger partial charge is 0.298 e. The lowest BCUT2D eigenvalue weighted by Gasteiger charge is -2.28. The quantitative estimate of drug-likeness (QED) is 0.843. The van der Waals surface area contributed by atoms with Crippen LogP contribution in [-0.2, 0) is 16.6 Å². The number of aromatic nitrogens is 1. The number of hydrogen-bond acceptors (Lipinski definition) is 2. The topological polar surface area (TPSA) is 30.0 Å². The molecule has 2 heteroatoms. The molecule has 1 heterocycles. The monoisotopic (exact) mass is 265 g/mol. The lowest BCUT2D eigenvalue weighted by molar-refractivity contribution is -0.123. The Hall–Kier alpha value is -1.96. The average molecular weight is 265 g/mol. The van der Waals surface area contributed by atoms with Crippen molar-refractivity contribution >= 4 is 5.78 Å². The van der Waals surface area contributed by atoms with E-state index in [-0.39, 0.29) is 5.41 Å². The highest BCUT2D eigenvalue weighted by atomic mass is 16.1. The molecule has 1 aromatic heterocycles. The van der Waals surface area contributed by atoms with E-state index >= 15 is 0 Å². The summed E-state index contributed by atoms with van der Waals surface area (Å²) in [4.78, 5) is 16.9. The maximum Gasteiger partial charge on any atom is 0.147 e. The molecule has 1 fully saturated rings. The fourth-order valence-corrected chi connectivity index (χ4v) is 3.32. The molecule has 2 nitrogen and oxygen atoms in total. The number of benzene rings is 1. The van der Waals surface area contributed by atoms with Gasteiger partial charge in [-0.05, 0) is 36.1 Å². The number of Topliss-reactive ketones (excluding diaryl/α,β-unsaturated/α-hetero) is 1. The van der Waals surface area contributed by atoms with Crippen molar-refractivity contribution < 1.29 is 4.79 Å². The summed E-state index contributed by atoms with van der Waals surface area (Å²) in [6, 6.07) is 14.2. The molecule has 0 atom stereocenters. The zero-order valence-corrected chi connectivity index (χ0v) is 11.6. The van der Waals surface area contributed by atoms with Crippen LogP contribution < -0.4 is 0 Å². The van der Waals surface area contributed by atoms with Gasteiger partial charge in [0.15, 0.2) is 0 Å². The summed E-state index contributed by atoms with van der Waals surface area (Å²) >= 11 is 0. The van der Waals surface area contributed by atoms with Gasteiger partial charge in [0.1, 0.15) is 5.78 Å². The smallest absolute Gasteiger partial charge is 0.147 e. The van der Waals surface area contributed by atoms with E-state index in [0.717, 1.165) is 31.2 Å². The van der Waals surface area contributed by atoms with Crippen LogP contribution in [0.25, 0.3) is 0 Å². The first-order valence-electron chi connectivity index (χ1n) is 7.29. The van der Waals surface area contributed by atoms with Gasteiger partial charge in [-0.15, -0.1) is 0 Å². The molecule has 0 N–H and O–H groups in total. The first-order chi connectivity index (χ1) is 9.81. The lowest BCUT2D eigenvalue weighted by atomic mass is 9.73. The molecule has 0 saturated heterocycles. The predicted molar refractivity (Wildman–Crippen MR) is 79.5 cm³/mol. The first kappa shape index (κ1) is 13.0. The van der Waals surface area contributed by atoms with E-state index in [1.807, 2.05) is 30.3 Å². The minimum Gasteiger partial charge on any atom is -0.298 e. The molecular formula is C18H19NO. The van der Waals surface area contributed by atoms with Crippen LogP contribution in [-0.4, -0.2) is 10.8 Å². The first-order valence-corrected chi connectivity index (χ1v) is 7.29. The third-order valence-electron chi connectivity index (χ3n) is 4.43. The van der Waals surface area contributed by atoms with Crippen LogP contribution in [0.2, 0.25) is 0 Å². The van der Waals surface area contributed by atoms with Crippen LogP contribution in [0.3, 0.4) is 0 Å². The van der Waals surface area contributed by atoms with E-state index in [9.17, 15) is 4.79 Å². The molecule has 0 radical (unpaired) electrons. The van der Waals surface area contributed by atoms with Crippen LogP contribution in [0.1, 0.15) is 36.8 Å². The van der Waals surface area contributed by atoms with Crippen LogP contribution >= 0.6 is 0 Å². The lowest BCUT2D eigenvalue weighted by Crippen LogP contribution is -2.34. The van der Waals surface area contributed by atoms with Gasteiger partial charge in [0, 0.05) is 18.8 Å². The Bertz CT molecular complexity index is 571. The molecule has 0 unspecified atom stereocenters. The predicted octanol–water partition coefficient (Wildman–Crippen LogP) is 3.71. The highest BCUT2D eigenvalue weighted by Crippen LogP contribution is 2.42. The second-order valence-electron chi connectivity index (χ2n) is 5.61. The summed E-state index contributed by atoms with van der Waals surface area (Å²) in [6.07, 6.45) is 8.30. The number of pyridine rings is 1. The SMILES string of the molecule is O=C(Cc1ccncc1)C1(c2ccccc2)CCCC1. The number of carbonyl (C=O) groups excluding carboxylic acids is 1. The third-order valence-corrected chi connectivity index (χ3v) is 4.43. The zero-order chi connectivity index (χ0) is 13.8. The maximum atomic E-state index is 12.9. The Kier molecular flexibility index (Phi) is 3.64. The van der Waals surface area contributed by atoms with E-state index in [1.165, 1.54) is 5.56 Å². The van der Waals surface area contributed by atoms with Gasteiger partial charge >= 0.3 is 0 Å². The molecule has 20 heavy (non-hydrogen) atoms. The summed E-state index contributed by atoms with van der Waals surface area (Å²) in [5.41, 5.74) is 1.99. The van der Waals surface area contributed by atoms with Gasteiger partial charge < -0.3 is 0 Å². The van der Waals surface area contributed by atoms with Crippen molar-refractivity contribution in [3.8, 4) is 0 Å². The molecule has 0 bridgehead atoms. The molecule has 1 saturated carbocycles. The highest BCUT2D eigenvalue weighted by Gasteiger charge is 2.41. The summed E-state index contributed by atoms with van der Waals surface area (Å²) in [5.74, 6) is 0.354. The molecule has 1 aliphatic carbocycles. The Morgan fingerprint density at radius 2 is 1.65 bits per heavy atom. The van der Waals surface area contributed by atoms with Crippen molar-refractivity contribution in [3.63, 3.8) is 0 Å². The second-order valence-corrected chi connectivity index (χ2v) is 5.61. The molecule has 0 amide bonds. The van der Waals surface area contributed by atoms with E-state index < -0.39 is 0 Å². The molecule has 2 aromatic rings. The summed E-state index contributed by atoms with van der Waals surface area (Å²) in [7, 11) is 0. The van der Waals surface area contributed by atoms with Crippen molar-refractivity contribution in [1.82, 2.24) is 4.98 Å². The summed E-state index contributed by atoms with van der Waals surface area (Å²) in [6.45, 7) is 0. The minimum atomic E-state index is -0.259. The van der Waals surface area contributed by atoms with Crippen molar-refractivity contribution in [2.75, 3.05) is 0 Å². The Labute approximate surface area is 119 Å². The van der Waals surface area contributed by atoms with Gasteiger partial charge in [-0.2, -0.15) is 0 Å². The van der Waals surface area contributed by atoms with Crippen LogP contribution in [0.5, 0.6) is 0 Å². The number of nitrogens with zero attached hydrogens (tertiary/aromatic N) is 1. The Balaban J connectivity index is 1.89. The fourth-order valence-electron chi connectivity index (χ4n) is 3.32. The molecule has 0 spiro atoms. The van der Waals surface area contributed by atoms with Crippen LogP contribution in [0.15, 0.2) is 54.9 Å². The summed E-state index contributed by atoms with van der Waals surface area (Å²) in [5, 5.41) is 0. The number of ketones is 1. The molecule has 3 rings (SSSR count). The zero-order valence-electron chi connectivity index (χ0n) is 11.6. The molecule has 102 valence electrons. The number of rotatable bonds is 4. The normalized spacial score (nSPS) is 17.0. The van der Waals surface area contributed by atoms with Crippen molar-refractivity contribution in [1.29, 1.82) is 0 Å². The maximum absolute atomic E-state index is 12.9. The van der Waals surface area contributed by atoms with E-state index in [4.69, 9.17) is 0 Å². The van der Waals surface area contributed by atoms with Gasteiger partial charge in [-0.25, -0.2) is 0 Å². The average Bonchev–Trinajstić information content (AvgIpc) is 3.00. The number of carbonyl (C=O) groups is 1. The Morgan fingerprint density at radius 1 is 1.00 bits per heavy atom. The van der Waals surface area contributed by atoms with Crippen molar-refractivity contribution in [2.45, 2.75) is 37.5 Å². The van der Waals surface area contributed by atoms with Crippen molar-refractivity contribution in [2.24, 2.45) is 0 Å². The third kappa shape index (κ3) is 2.38. The van der Waals surface area contributed by atoms with E-state index in [1.54, 1.807) is 12.4 Å². The molecule has 0 aliphatic heterocycles. The van der Waals surface area contributed by atoms with Gasteiger partial charge in [0.25, 0.3) is 0 Å². The van der Waals surface area contributed by atoms with Crippen LogP contribution in [0.4, 0.5) is 0 Å². The van der Waals surface area contributed by atoms with E-state index in [2.05, 4.69) is 17.1 Å². The van der Waals surface area contributed by atoms with Gasteiger partial charge in [0.2, 0.25) is 0 Å². The summed E-state index contributed by atoms with van der Waals surface area (Å²) < 4.78 is 0.